The van der Waals surface area contributed by atoms with Crippen molar-refractivity contribution in [1.29, 1.82) is 0 Å². The second-order valence-corrected chi connectivity index (χ2v) is 7.58. The molecule has 3 heterocycles. The van der Waals surface area contributed by atoms with Gasteiger partial charge >= 0.3 is 0 Å². The number of benzene rings is 1. The highest BCUT2D eigenvalue weighted by molar-refractivity contribution is 6.30. The van der Waals surface area contributed by atoms with E-state index in [2.05, 4.69) is 39.1 Å². The van der Waals surface area contributed by atoms with Crippen LogP contribution in [0.15, 0.2) is 77.4 Å². The molecule has 28 heavy (non-hydrogen) atoms. The molecule has 142 valence electrons. The van der Waals surface area contributed by atoms with E-state index in [1.165, 1.54) is 22.8 Å². The molecule has 1 aliphatic rings. The summed E-state index contributed by atoms with van der Waals surface area (Å²) in [6.45, 7) is 2.91. The Balaban J connectivity index is 1.34. The van der Waals surface area contributed by atoms with Gasteiger partial charge in [-0.2, -0.15) is 0 Å². The number of nitrogens with one attached hydrogen (secondary N) is 1. The lowest BCUT2D eigenvalue weighted by Crippen LogP contribution is -2.28. The number of rotatable bonds is 5. The third-order valence-corrected chi connectivity index (χ3v) is 5.29. The summed E-state index contributed by atoms with van der Waals surface area (Å²) in [4.78, 5) is 20.8. The van der Waals surface area contributed by atoms with Crippen molar-refractivity contribution in [3.8, 4) is 11.3 Å². The lowest BCUT2D eigenvalue weighted by Gasteiger charge is -2.26. The summed E-state index contributed by atoms with van der Waals surface area (Å²) in [5, 5.41) is 0.785. The maximum atomic E-state index is 11.2. The van der Waals surface area contributed by atoms with Gasteiger partial charge in [-0.15, -0.1) is 0 Å². The van der Waals surface area contributed by atoms with Gasteiger partial charge < -0.3 is 4.98 Å². The lowest BCUT2D eigenvalue weighted by atomic mass is 9.99. The monoisotopic (exact) mass is 391 g/mol. The van der Waals surface area contributed by atoms with Crippen LogP contribution in [0.3, 0.4) is 0 Å². The Morgan fingerprint density at radius 2 is 1.86 bits per heavy atom. The number of H-pyrrole nitrogens is 1. The largest absolute Gasteiger partial charge is 0.328 e. The van der Waals surface area contributed by atoms with Gasteiger partial charge in [0.05, 0.1) is 5.69 Å². The van der Waals surface area contributed by atoms with Crippen LogP contribution in [-0.2, 0) is 13.0 Å². The van der Waals surface area contributed by atoms with Crippen molar-refractivity contribution >= 4 is 11.6 Å². The van der Waals surface area contributed by atoms with E-state index in [1.54, 1.807) is 12.3 Å². The smallest absolute Gasteiger partial charge is 0.247 e. The Kier molecular flexibility index (Phi) is 5.70. The molecular weight excluding hydrogens is 370 g/mol. The molecule has 3 aromatic rings. The summed E-state index contributed by atoms with van der Waals surface area (Å²) in [7, 11) is 0. The van der Waals surface area contributed by atoms with Crippen molar-refractivity contribution in [2.24, 2.45) is 0 Å². The number of aromatic amines is 1. The fraction of sp³-hybridized carbons (Fsp3) is 0.217. The number of nitrogens with zero attached hydrogens (tertiary/aromatic N) is 2. The Morgan fingerprint density at radius 1 is 1.04 bits per heavy atom. The minimum absolute atomic E-state index is 0.103. The van der Waals surface area contributed by atoms with E-state index < -0.39 is 0 Å². The number of pyridine rings is 2. The molecule has 2 aromatic heterocycles. The van der Waals surface area contributed by atoms with Crippen LogP contribution >= 0.6 is 11.6 Å². The van der Waals surface area contributed by atoms with Crippen LogP contribution in [-0.4, -0.2) is 28.0 Å². The molecule has 0 aliphatic carbocycles. The van der Waals surface area contributed by atoms with Gasteiger partial charge in [0.1, 0.15) is 0 Å². The van der Waals surface area contributed by atoms with E-state index in [0.29, 0.717) is 0 Å². The first-order valence-electron chi connectivity index (χ1n) is 9.44. The molecule has 1 aromatic carbocycles. The number of hydrogen-bond donors (Lipinski definition) is 1. The van der Waals surface area contributed by atoms with E-state index in [9.17, 15) is 4.79 Å². The van der Waals surface area contributed by atoms with Gasteiger partial charge in [-0.25, -0.2) is 0 Å². The molecular formula is C23H22ClN3O. The second kappa shape index (κ2) is 8.55. The molecule has 0 unspecified atom stereocenters. The van der Waals surface area contributed by atoms with Crippen LogP contribution in [0.4, 0.5) is 0 Å². The third-order valence-electron chi connectivity index (χ3n) is 5.04. The first kappa shape index (κ1) is 18.7. The number of aromatic nitrogens is 2. The Hall–Kier alpha value is -2.69. The van der Waals surface area contributed by atoms with Crippen molar-refractivity contribution in [1.82, 2.24) is 14.9 Å². The summed E-state index contributed by atoms with van der Waals surface area (Å²) in [6.07, 6.45) is 8.06. The van der Waals surface area contributed by atoms with Gasteiger partial charge in [-0.05, 0) is 48.2 Å². The predicted molar refractivity (Wildman–Crippen MR) is 113 cm³/mol. The van der Waals surface area contributed by atoms with Crippen molar-refractivity contribution in [3.63, 3.8) is 0 Å². The fourth-order valence-electron chi connectivity index (χ4n) is 3.44. The predicted octanol–water partition coefficient (Wildman–Crippen LogP) is 4.47. The molecule has 1 N–H and O–H groups in total. The van der Waals surface area contributed by atoms with Crippen LogP contribution in [0.2, 0.25) is 5.02 Å². The zero-order valence-electron chi connectivity index (χ0n) is 15.6. The normalized spacial score (nSPS) is 14.7. The van der Waals surface area contributed by atoms with E-state index in [-0.39, 0.29) is 5.56 Å². The van der Waals surface area contributed by atoms with E-state index in [1.807, 2.05) is 24.4 Å². The average molecular weight is 392 g/mol. The first-order chi connectivity index (χ1) is 13.7. The molecule has 0 fully saturated rings. The van der Waals surface area contributed by atoms with Crippen LogP contribution in [0.25, 0.3) is 11.3 Å². The SMILES string of the molecule is O=c1ccc(-c2ccc(CN3CC=C(Cc4ccc(Cl)cc4)CC3)cn2)c[nH]1. The molecule has 0 spiro atoms. The van der Waals surface area contributed by atoms with Gasteiger partial charge in [0.2, 0.25) is 5.56 Å². The van der Waals surface area contributed by atoms with Gasteiger partial charge in [0.15, 0.2) is 0 Å². The second-order valence-electron chi connectivity index (χ2n) is 7.14. The molecule has 0 amide bonds. The molecule has 0 saturated carbocycles. The zero-order chi connectivity index (χ0) is 19.3. The number of hydrogen-bond acceptors (Lipinski definition) is 3. The molecule has 0 bridgehead atoms. The van der Waals surface area contributed by atoms with Crippen LogP contribution in [0.1, 0.15) is 17.5 Å². The standard InChI is InChI=1S/C23H22ClN3O/c24-21-5-1-17(2-6-21)13-18-9-11-27(12-10-18)16-19-3-7-22(25-14-19)20-4-8-23(28)26-15-20/h1-9,14-15H,10-13,16H2,(H,26,28). The molecule has 5 heteroatoms. The van der Waals surface area contributed by atoms with Gasteiger partial charge in [-0.1, -0.05) is 41.4 Å². The maximum absolute atomic E-state index is 11.2. The highest BCUT2D eigenvalue weighted by Gasteiger charge is 2.13. The van der Waals surface area contributed by atoms with Crippen molar-refractivity contribution in [2.45, 2.75) is 19.4 Å². The Bertz CT molecular complexity index is 1000. The number of halogens is 1. The van der Waals surface area contributed by atoms with E-state index in [0.717, 1.165) is 48.8 Å². The van der Waals surface area contributed by atoms with Crippen LogP contribution < -0.4 is 5.56 Å². The lowest BCUT2D eigenvalue weighted by molar-refractivity contribution is 0.284. The van der Waals surface area contributed by atoms with Crippen LogP contribution in [0.5, 0.6) is 0 Å². The molecule has 4 nitrogen and oxygen atoms in total. The highest BCUT2D eigenvalue weighted by atomic mass is 35.5. The minimum atomic E-state index is -0.103. The van der Waals surface area contributed by atoms with Crippen molar-refractivity contribution < 1.29 is 0 Å². The Morgan fingerprint density at radius 3 is 2.50 bits per heavy atom. The fourth-order valence-corrected chi connectivity index (χ4v) is 3.56. The summed E-state index contributed by atoms with van der Waals surface area (Å²) >= 11 is 5.96. The van der Waals surface area contributed by atoms with Gasteiger partial charge in [-0.3, -0.25) is 14.7 Å². The highest BCUT2D eigenvalue weighted by Crippen LogP contribution is 2.20. The van der Waals surface area contributed by atoms with Crippen LogP contribution in [0, 0.1) is 0 Å². The quantitative estimate of drug-likeness (QED) is 0.653. The maximum Gasteiger partial charge on any atom is 0.247 e. The van der Waals surface area contributed by atoms with Crippen molar-refractivity contribution in [3.05, 3.63) is 99.1 Å². The van der Waals surface area contributed by atoms with Crippen molar-refractivity contribution in [2.75, 3.05) is 13.1 Å². The zero-order valence-corrected chi connectivity index (χ0v) is 16.3. The topological polar surface area (TPSA) is 49.0 Å². The van der Waals surface area contributed by atoms with Gasteiger partial charge in [0.25, 0.3) is 0 Å². The minimum Gasteiger partial charge on any atom is -0.328 e. The summed E-state index contributed by atoms with van der Waals surface area (Å²) < 4.78 is 0. The third kappa shape index (κ3) is 4.77. The first-order valence-corrected chi connectivity index (χ1v) is 9.82. The summed E-state index contributed by atoms with van der Waals surface area (Å²) in [5.41, 5.74) is 5.68. The van der Waals surface area contributed by atoms with E-state index in [4.69, 9.17) is 11.6 Å². The molecule has 0 atom stereocenters. The van der Waals surface area contributed by atoms with Gasteiger partial charge in [0, 0.05) is 48.7 Å². The summed E-state index contributed by atoms with van der Waals surface area (Å²) in [6, 6.07) is 15.5. The average Bonchev–Trinajstić information content (AvgIpc) is 2.72. The molecule has 1 aliphatic heterocycles. The molecule has 0 saturated heterocycles. The molecule has 4 rings (SSSR count). The summed E-state index contributed by atoms with van der Waals surface area (Å²) in [5.74, 6) is 0. The Labute approximate surface area is 169 Å². The molecule has 0 radical (unpaired) electrons. The van der Waals surface area contributed by atoms with E-state index >= 15 is 0 Å².